The van der Waals surface area contributed by atoms with Gasteiger partial charge in [-0.1, -0.05) is 53.0 Å². The van der Waals surface area contributed by atoms with Crippen LogP contribution in [0, 0.1) is 0 Å². The summed E-state index contributed by atoms with van der Waals surface area (Å²) in [6, 6.07) is 11.8. The lowest BCUT2D eigenvalue weighted by molar-refractivity contribution is -0.142. The van der Waals surface area contributed by atoms with Gasteiger partial charge in [-0.15, -0.1) is 0 Å². The van der Waals surface area contributed by atoms with Crippen LogP contribution in [0.3, 0.4) is 0 Å². The summed E-state index contributed by atoms with van der Waals surface area (Å²) in [6.45, 7) is -0.443. The SMILES string of the molecule is O=C(COC(=O)/C=C/c1cccc(Cl)c1)Nc1cccc(Cl)c1Cl. The van der Waals surface area contributed by atoms with Gasteiger partial charge in [0, 0.05) is 11.1 Å². The van der Waals surface area contributed by atoms with E-state index in [0.29, 0.717) is 15.7 Å². The summed E-state index contributed by atoms with van der Waals surface area (Å²) in [5, 5.41) is 3.61. The van der Waals surface area contributed by atoms with Gasteiger partial charge in [0.05, 0.1) is 15.7 Å². The molecule has 7 heteroatoms. The van der Waals surface area contributed by atoms with Crippen LogP contribution >= 0.6 is 34.8 Å². The van der Waals surface area contributed by atoms with E-state index >= 15 is 0 Å². The fourth-order valence-corrected chi connectivity index (χ4v) is 2.29. The molecule has 2 aromatic rings. The zero-order chi connectivity index (χ0) is 17.5. The van der Waals surface area contributed by atoms with Gasteiger partial charge in [0.25, 0.3) is 5.91 Å². The molecular weight excluding hydrogens is 373 g/mol. The van der Waals surface area contributed by atoms with Gasteiger partial charge < -0.3 is 10.1 Å². The summed E-state index contributed by atoms with van der Waals surface area (Å²) in [5.74, 6) is -1.18. The highest BCUT2D eigenvalue weighted by Gasteiger charge is 2.09. The Labute approximate surface area is 154 Å². The summed E-state index contributed by atoms with van der Waals surface area (Å²) >= 11 is 17.6. The predicted molar refractivity (Wildman–Crippen MR) is 96.5 cm³/mol. The van der Waals surface area contributed by atoms with E-state index in [9.17, 15) is 9.59 Å². The predicted octanol–water partition coefficient (Wildman–Crippen LogP) is 4.84. The summed E-state index contributed by atoms with van der Waals surface area (Å²) in [5.41, 5.74) is 1.09. The molecule has 1 amide bonds. The van der Waals surface area contributed by atoms with Gasteiger partial charge in [-0.05, 0) is 35.9 Å². The zero-order valence-electron chi connectivity index (χ0n) is 12.3. The number of amides is 1. The molecule has 0 atom stereocenters. The van der Waals surface area contributed by atoms with Crippen LogP contribution in [-0.2, 0) is 14.3 Å². The molecule has 0 aliphatic carbocycles. The number of benzene rings is 2. The van der Waals surface area contributed by atoms with E-state index < -0.39 is 18.5 Å². The average Bonchev–Trinajstić information content (AvgIpc) is 2.55. The molecule has 0 fully saturated rings. The maximum Gasteiger partial charge on any atom is 0.331 e. The number of nitrogens with one attached hydrogen (secondary N) is 1. The molecule has 0 radical (unpaired) electrons. The molecule has 0 aliphatic heterocycles. The third-order valence-corrected chi connectivity index (χ3v) is 3.89. The second-order valence-electron chi connectivity index (χ2n) is 4.65. The van der Waals surface area contributed by atoms with Gasteiger partial charge in [0.2, 0.25) is 0 Å². The van der Waals surface area contributed by atoms with Gasteiger partial charge in [-0.3, -0.25) is 4.79 Å². The third kappa shape index (κ3) is 5.57. The van der Waals surface area contributed by atoms with E-state index in [0.717, 1.165) is 5.56 Å². The molecule has 0 heterocycles. The van der Waals surface area contributed by atoms with E-state index in [4.69, 9.17) is 39.5 Å². The lowest BCUT2D eigenvalue weighted by atomic mass is 10.2. The van der Waals surface area contributed by atoms with E-state index in [1.54, 1.807) is 48.5 Å². The lowest BCUT2D eigenvalue weighted by Gasteiger charge is -2.08. The van der Waals surface area contributed by atoms with Crippen molar-refractivity contribution in [2.24, 2.45) is 0 Å². The fraction of sp³-hybridized carbons (Fsp3) is 0.0588. The van der Waals surface area contributed by atoms with E-state index in [1.165, 1.54) is 6.08 Å². The molecule has 124 valence electrons. The topological polar surface area (TPSA) is 55.4 Å². The molecule has 0 unspecified atom stereocenters. The number of anilines is 1. The first-order valence-electron chi connectivity index (χ1n) is 6.80. The molecule has 0 aromatic heterocycles. The van der Waals surface area contributed by atoms with Crippen molar-refractivity contribution in [1.82, 2.24) is 0 Å². The molecule has 4 nitrogen and oxygen atoms in total. The van der Waals surface area contributed by atoms with E-state index in [1.807, 2.05) is 0 Å². The number of rotatable bonds is 5. The maximum absolute atomic E-state index is 11.8. The van der Waals surface area contributed by atoms with Crippen molar-refractivity contribution in [1.29, 1.82) is 0 Å². The zero-order valence-corrected chi connectivity index (χ0v) is 14.5. The normalized spacial score (nSPS) is 10.6. The number of hydrogen-bond donors (Lipinski definition) is 1. The van der Waals surface area contributed by atoms with Crippen LogP contribution in [0.25, 0.3) is 6.08 Å². The fourth-order valence-electron chi connectivity index (χ4n) is 1.75. The van der Waals surface area contributed by atoms with E-state index in [2.05, 4.69) is 5.32 Å². The quantitative estimate of drug-likeness (QED) is 0.592. The van der Waals surface area contributed by atoms with Gasteiger partial charge in [0.15, 0.2) is 6.61 Å². The van der Waals surface area contributed by atoms with Gasteiger partial charge in [-0.2, -0.15) is 0 Å². The Morgan fingerprint density at radius 2 is 1.83 bits per heavy atom. The molecular formula is C17H12Cl3NO3. The smallest absolute Gasteiger partial charge is 0.331 e. The monoisotopic (exact) mass is 383 g/mol. The summed E-state index contributed by atoms with van der Waals surface area (Å²) in [6.07, 6.45) is 2.76. The van der Waals surface area contributed by atoms with Crippen LogP contribution in [0.4, 0.5) is 5.69 Å². The Morgan fingerprint density at radius 3 is 2.58 bits per heavy atom. The van der Waals surface area contributed by atoms with Gasteiger partial charge in [0.1, 0.15) is 0 Å². The average molecular weight is 385 g/mol. The molecule has 24 heavy (non-hydrogen) atoms. The standard InChI is InChI=1S/C17H12Cl3NO3/c18-12-4-1-3-11(9-12)7-8-16(23)24-10-15(22)21-14-6-2-5-13(19)17(14)20/h1-9H,10H2,(H,21,22)/b8-7+. The molecule has 0 spiro atoms. The van der Waals surface area contributed by atoms with Gasteiger partial charge in [-0.25, -0.2) is 4.79 Å². The number of esters is 1. The highest BCUT2D eigenvalue weighted by molar-refractivity contribution is 6.44. The number of carbonyl (C=O) groups excluding carboxylic acids is 2. The van der Waals surface area contributed by atoms with Crippen LogP contribution in [-0.4, -0.2) is 18.5 Å². The molecule has 2 rings (SSSR count). The van der Waals surface area contributed by atoms with Crippen LogP contribution in [0.2, 0.25) is 15.1 Å². The molecule has 0 bridgehead atoms. The van der Waals surface area contributed by atoms with Crippen molar-refractivity contribution in [3.8, 4) is 0 Å². The Balaban J connectivity index is 1.85. The van der Waals surface area contributed by atoms with Gasteiger partial charge >= 0.3 is 5.97 Å². The largest absolute Gasteiger partial charge is 0.452 e. The van der Waals surface area contributed by atoms with Crippen molar-refractivity contribution >= 4 is 58.4 Å². The Bertz CT molecular complexity index is 790. The van der Waals surface area contributed by atoms with Crippen molar-refractivity contribution < 1.29 is 14.3 Å². The Hall–Kier alpha value is -2.01. The van der Waals surface area contributed by atoms with Crippen molar-refractivity contribution in [2.75, 3.05) is 11.9 Å². The first kappa shape index (κ1) is 18.3. The Morgan fingerprint density at radius 1 is 1.08 bits per heavy atom. The molecule has 2 aromatic carbocycles. The minimum Gasteiger partial charge on any atom is -0.452 e. The summed E-state index contributed by atoms with van der Waals surface area (Å²) < 4.78 is 4.85. The van der Waals surface area contributed by atoms with Crippen LogP contribution in [0.15, 0.2) is 48.5 Å². The second kappa shape index (κ2) is 8.73. The highest BCUT2D eigenvalue weighted by Crippen LogP contribution is 2.29. The third-order valence-electron chi connectivity index (χ3n) is 2.83. The molecule has 1 N–H and O–H groups in total. The number of hydrogen-bond acceptors (Lipinski definition) is 3. The lowest BCUT2D eigenvalue weighted by Crippen LogP contribution is -2.20. The molecule has 0 saturated carbocycles. The van der Waals surface area contributed by atoms with Crippen molar-refractivity contribution in [2.45, 2.75) is 0 Å². The van der Waals surface area contributed by atoms with Crippen LogP contribution < -0.4 is 5.32 Å². The van der Waals surface area contributed by atoms with Crippen LogP contribution in [0.5, 0.6) is 0 Å². The highest BCUT2D eigenvalue weighted by atomic mass is 35.5. The minimum atomic E-state index is -0.651. The number of carbonyl (C=O) groups is 2. The first-order chi connectivity index (χ1) is 11.5. The van der Waals surface area contributed by atoms with Crippen LogP contribution in [0.1, 0.15) is 5.56 Å². The second-order valence-corrected chi connectivity index (χ2v) is 5.87. The maximum atomic E-state index is 11.8. The first-order valence-corrected chi connectivity index (χ1v) is 7.93. The number of ether oxygens (including phenoxy) is 1. The number of halogens is 3. The van der Waals surface area contributed by atoms with Crippen molar-refractivity contribution in [3.63, 3.8) is 0 Å². The van der Waals surface area contributed by atoms with Crippen molar-refractivity contribution in [3.05, 3.63) is 69.2 Å². The summed E-state index contributed by atoms with van der Waals surface area (Å²) in [4.78, 5) is 23.4. The Kier molecular flexibility index (Phi) is 6.67. The molecule has 0 aliphatic rings. The van der Waals surface area contributed by atoms with E-state index in [-0.39, 0.29) is 5.02 Å². The summed E-state index contributed by atoms with van der Waals surface area (Å²) in [7, 11) is 0. The minimum absolute atomic E-state index is 0.222. The molecule has 0 saturated heterocycles.